The maximum absolute atomic E-state index is 13.8. The van der Waals surface area contributed by atoms with Gasteiger partial charge >= 0.3 is 0 Å². The average Bonchev–Trinajstić information content (AvgIpc) is 3.06. The van der Waals surface area contributed by atoms with E-state index in [0.717, 1.165) is 42.1 Å². The number of imidazole rings is 1. The predicted molar refractivity (Wildman–Crippen MR) is 114 cm³/mol. The highest BCUT2D eigenvalue weighted by Gasteiger charge is 2.03. The monoisotopic (exact) mass is 523 g/mol. The van der Waals surface area contributed by atoms with E-state index in [2.05, 4.69) is 36.5 Å². The van der Waals surface area contributed by atoms with E-state index < -0.39 is 0 Å². The number of aliphatic imine (C=N–C) groups is 1. The molecule has 25 heavy (non-hydrogen) atoms. The third kappa shape index (κ3) is 8.17. The summed E-state index contributed by atoms with van der Waals surface area (Å²) in [5, 5.41) is 6.50. The van der Waals surface area contributed by atoms with Crippen LogP contribution in [-0.2, 0) is 13.0 Å². The third-order valence-electron chi connectivity index (χ3n) is 3.46. The summed E-state index contributed by atoms with van der Waals surface area (Å²) in [6.45, 7) is 5.08. The normalized spacial score (nSPS) is 11.1. The standard InChI is InChI=1S/C17H23BrFN5.HI/c1-2-21-17(23-9-11-24-10-8-20-13-24)22-7-3-4-14-5-6-15(18)12-16(14)19;/h5-6,8,10,12-13H,2-4,7,9,11H2,1H3,(H2,21,22,23);1H. The molecule has 2 rings (SSSR count). The smallest absolute Gasteiger partial charge is 0.191 e. The second-order valence-electron chi connectivity index (χ2n) is 5.33. The van der Waals surface area contributed by atoms with Gasteiger partial charge in [0.15, 0.2) is 5.96 Å². The van der Waals surface area contributed by atoms with Gasteiger partial charge in [0.25, 0.3) is 0 Å². The third-order valence-corrected chi connectivity index (χ3v) is 3.95. The van der Waals surface area contributed by atoms with Crippen LogP contribution in [0.25, 0.3) is 0 Å². The van der Waals surface area contributed by atoms with Crippen LogP contribution in [0.3, 0.4) is 0 Å². The summed E-state index contributed by atoms with van der Waals surface area (Å²) in [5.41, 5.74) is 0.728. The molecule has 1 heterocycles. The van der Waals surface area contributed by atoms with Crippen molar-refractivity contribution in [1.29, 1.82) is 0 Å². The Bertz CT molecular complexity index is 648. The first kappa shape index (κ1) is 21.9. The highest BCUT2D eigenvalue weighted by Crippen LogP contribution is 2.16. The van der Waals surface area contributed by atoms with Crippen LogP contribution in [-0.4, -0.2) is 35.1 Å². The Balaban J connectivity index is 0.00000312. The largest absolute Gasteiger partial charge is 0.357 e. The van der Waals surface area contributed by atoms with Crippen molar-refractivity contribution in [2.24, 2.45) is 4.99 Å². The summed E-state index contributed by atoms with van der Waals surface area (Å²) in [6.07, 6.45) is 6.96. The Labute approximate surface area is 173 Å². The fourth-order valence-electron chi connectivity index (χ4n) is 2.25. The Morgan fingerprint density at radius 1 is 1.36 bits per heavy atom. The van der Waals surface area contributed by atoms with Crippen molar-refractivity contribution in [1.82, 2.24) is 20.2 Å². The number of aryl methyl sites for hydroxylation is 1. The van der Waals surface area contributed by atoms with Gasteiger partial charge in [0.2, 0.25) is 0 Å². The van der Waals surface area contributed by atoms with Gasteiger partial charge in [-0.1, -0.05) is 22.0 Å². The summed E-state index contributed by atoms with van der Waals surface area (Å²) < 4.78 is 16.5. The minimum atomic E-state index is -0.168. The molecule has 8 heteroatoms. The number of rotatable bonds is 8. The summed E-state index contributed by atoms with van der Waals surface area (Å²) >= 11 is 3.27. The zero-order valence-corrected chi connectivity index (χ0v) is 18.1. The van der Waals surface area contributed by atoms with Crippen LogP contribution in [0.2, 0.25) is 0 Å². The van der Waals surface area contributed by atoms with Crippen LogP contribution < -0.4 is 10.6 Å². The Morgan fingerprint density at radius 2 is 2.20 bits per heavy atom. The van der Waals surface area contributed by atoms with E-state index in [1.54, 1.807) is 12.5 Å². The molecule has 1 aromatic heterocycles. The van der Waals surface area contributed by atoms with Crippen LogP contribution >= 0.6 is 39.9 Å². The maximum atomic E-state index is 13.8. The molecular weight excluding hydrogens is 500 g/mol. The lowest BCUT2D eigenvalue weighted by atomic mass is 10.1. The molecule has 2 aromatic rings. The number of nitrogens with one attached hydrogen (secondary N) is 2. The number of hydrogen-bond donors (Lipinski definition) is 2. The fourth-order valence-corrected chi connectivity index (χ4v) is 2.58. The van der Waals surface area contributed by atoms with Crippen LogP contribution in [0.1, 0.15) is 18.9 Å². The number of nitrogens with zero attached hydrogens (tertiary/aromatic N) is 3. The minimum Gasteiger partial charge on any atom is -0.357 e. The van der Waals surface area contributed by atoms with Crippen LogP contribution in [0.4, 0.5) is 4.39 Å². The highest BCUT2D eigenvalue weighted by atomic mass is 127. The quantitative estimate of drug-likeness (QED) is 0.240. The van der Waals surface area contributed by atoms with E-state index >= 15 is 0 Å². The molecule has 0 aliphatic heterocycles. The Morgan fingerprint density at radius 3 is 2.88 bits per heavy atom. The number of halogens is 3. The molecule has 0 unspecified atom stereocenters. The lowest BCUT2D eigenvalue weighted by molar-refractivity contribution is 0.604. The van der Waals surface area contributed by atoms with Crippen molar-refractivity contribution in [2.45, 2.75) is 26.3 Å². The van der Waals surface area contributed by atoms with E-state index in [0.29, 0.717) is 13.0 Å². The molecule has 138 valence electrons. The number of benzene rings is 1. The summed E-state index contributed by atoms with van der Waals surface area (Å²) in [7, 11) is 0. The Hall–Kier alpha value is -1.16. The maximum Gasteiger partial charge on any atom is 0.191 e. The minimum absolute atomic E-state index is 0. The molecule has 0 radical (unpaired) electrons. The molecule has 0 atom stereocenters. The summed E-state index contributed by atoms with van der Waals surface area (Å²) in [5.74, 6) is 0.618. The highest BCUT2D eigenvalue weighted by molar-refractivity contribution is 14.0. The molecule has 5 nitrogen and oxygen atoms in total. The molecule has 0 aliphatic rings. The van der Waals surface area contributed by atoms with Crippen LogP contribution in [0.5, 0.6) is 0 Å². The van der Waals surface area contributed by atoms with Crippen LogP contribution in [0.15, 0.2) is 46.4 Å². The molecule has 0 bridgehead atoms. The second-order valence-corrected chi connectivity index (χ2v) is 6.24. The van der Waals surface area contributed by atoms with E-state index in [-0.39, 0.29) is 29.8 Å². The number of hydrogen-bond acceptors (Lipinski definition) is 2. The van der Waals surface area contributed by atoms with Gasteiger partial charge in [-0.05, 0) is 37.5 Å². The van der Waals surface area contributed by atoms with Crippen molar-refractivity contribution in [3.63, 3.8) is 0 Å². The first-order valence-electron chi connectivity index (χ1n) is 8.11. The Kier molecular flexibility index (Phi) is 10.7. The molecule has 0 saturated carbocycles. The molecule has 0 spiro atoms. The molecule has 0 saturated heterocycles. The lowest BCUT2D eigenvalue weighted by Gasteiger charge is -2.11. The summed E-state index contributed by atoms with van der Waals surface area (Å²) in [6, 6.07) is 5.18. The van der Waals surface area contributed by atoms with Gasteiger partial charge in [-0.2, -0.15) is 0 Å². The van der Waals surface area contributed by atoms with Gasteiger partial charge in [0.05, 0.1) is 6.33 Å². The van der Waals surface area contributed by atoms with Gasteiger partial charge in [0.1, 0.15) is 5.82 Å². The predicted octanol–water partition coefficient (Wildman–Crippen LogP) is 3.59. The zero-order valence-electron chi connectivity index (χ0n) is 14.2. The molecule has 0 amide bonds. The topological polar surface area (TPSA) is 54.2 Å². The zero-order chi connectivity index (χ0) is 17.2. The van der Waals surface area contributed by atoms with Crippen molar-refractivity contribution in [3.05, 3.63) is 52.8 Å². The molecular formula is C17H24BrFIN5. The van der Waals surface area contributed by atoms with Gasteiger partial charge in [0, 0.05) is 43.0 Å². The van der Waals surface area contributed by atoms with Crippen molar-refractivity contribution in [3.8, 4) is 0 Å². The van der Waals surface area contributed by atoms with E-state index in [4.69, 9.17) is 0 Å². The average molecular weight is 524 g/mol. The molecule has 0 aliphatic carbocycles. The van der Waals surface area contributed by atoms with Crippen molar-refractivity contribution in [2.75, 3.05) is 19.6 Å². The second kappa shape index (κ2) is 12.2. The lowest BCUT2D eigenvalue weighted by Crippen LogP contribution is -2.38. The molecule has 0 fully saturated rings. The first-order valence-corrected chi connectivity index (χ1v) is 8.90. The van der Waals surface area contributed by atoms with Crippen molar-refractivity contribution >= 4 is 45.9 Å². The van der Waals surface area contributed by atoms with Gasteiger partial charge < -0.3 is 15.2 Å². The van der Waals surface area contributed by atoms with Crippen molar-refractivity contribution < 1.29 is 4.39 Å². The SMILES string of the molecule is CCNC(=NCCCc1ccc(Br)cc1F)NCCn1ccnc1.I. The van der Waals surface area contributed by atoms with E-state index in [1.807, 2.05) is 29.8 Å². The number of guanidine groups is 1. The fraction of sp³-hybridized carbons (Fsp3) is 0.412. The van der Waals surface area contributed by atoms with Gasteiger partial charge in [-0.15, -0.1) is 24.0 Å². The molecule has 1 aromatic carbocycles. The van der Waals surface area contributed by atoms with E-state index in [1.165, 1.54) is 6.07 Å². The van der Waals surface area contributed by atoms with Gasteiger partial charge in [-0.25, -0.2) is 9.37 Å². The van der Waals surface area contributed by atoms with Crippen LogP contribution in [0, 0.1) is 5.82 Å². The number of aromatic nitrogens is 2. The van der Waals surface area contributed by atoms with Gasteiger partial charge in [-0.3, -0.25) is 4.99 Å². The first-order chi connectivity index (χ1) is 11.7. The molecule has 2 N–H and O–H groups in total. The summed E-state index contributed by atoms with van der Waals surface area (Å²) in [4.78, 5) is 8.55. The van der Waals surface area contributed by atoms with E-state index in [9.17, 15) is 4.39 Å².